The normalized spacial score (nSPS) is 13.2. The Balaban J connectivity index is 1.92. The number of hydrogen-bond donors (Lipinski definition) is 0. The molecule has 0 fully saturated rings. The van der Waals surface area contributed by atoms with Gasteiger partial charge in [0.15, 0.2) is 11.6 Å². The van der Waals surface area contributed by atoms with Gasteiger partial charge in [0.1, 0.15) is 6.54 Å². The first-order valence-corrected chi connectivity index (χ1v) is 8.97. The second-order valence-corrected chi connectivity index (χ2v) is 7.31. The third kappa shape index (κ3) is 3.14. The standard InChI is InChI=1S/C19H17Cl2N5/c1-25(2)11-18-24-23-17-10-22-19(12-3-5-13(20)6-4-12)15-9-14(21)7-8-16(15)26(17)18/h3-9H,10-11H2,1-2H3. The van der Waals surface area contributed by atoms with Crippen LogP contribution in [0.5, 0.6) is 0 Å². The molecule has 0 amide bonds. The summed E-state index contributed by atoms with van der Waals surface area (Å²) in [6, 6.07) is 13.5. The number of hydrogen-bond acceptors (Lipinski definition) is 4. The number of benzene rings is 2. The number of aliphatic imine (C=N–C) groups is 1. The minimum atomic E-state index is 0.449. The first-order chi connectivity index (χ1) is 12.5. The van der Waals surface area contributed by atoms with E-state index in [1.807, 2.05) is 56.6 Å². The molecule has 26 heavy (non-hydrogen) atoms. The molecule has 0 atom stereocenters. The molecule has 0 saturated carbocycles. The molecule has 2 heterocycles. The zero-order valence-corrected chi connectivity index (χ0v) is 16.0. The van der Waals surface area contributed by atoms with E-state index in [1.165, 1.54) is 0 Å². The molecule has 3 aromatic rings. The topological polar surface area (TPSA) is 46.3 Å². The Morgan fingerprint density at radius 3 is 2.46 bits per heavy atom. The fraction of sp³-hybridized carbons (Fsp3) is 0.211. The van der Waals surface area contributed by atoms with E-state index in [4.69, 9.17) is 28.2 Å². The van der Waals surface area contributed by atoms with Gasteiger partial charge in [-0.3, -0.25) is 9.56 Å². The average molecular weight is 386 g/mol. The summed E-state index contributed by atoms with van der Waals surface area (Å²) < 4.78 is 2.08. The van der Waals surface area contributed by atoms with Crippen molar-refractivity contribution in [1.82, 2.24) is 19.7 Å². The Labute approximate surface area is 161 Å². The molecule has 2 aromatic carbocycles. The Hall–Kier alpha value is -2.21. The minimum absolute atomic E-state index is 0.449. The number of rotatable bonds is 3. The van der Waals surface area contributed by atoms with E-state index < -0.39 is 0 Å². The summed E-state index contributed by atoms with van der Waals surface area (Å²) in [5, 5.41) is 10.1. The maximum atomic E-state index is 6.31. The monoisotopic (exact) mass is 385 g/mol. The van der Waals surface area contributed by atoms with Gasteiger partial charge in [0.05, 0.1) is 17.9 Å². The van der Waals surface area contributed by atoms with Crippen molar-refractivity contribution in [1.29, 1.82) is 0 Å². The summed E-state index contributed by atoms with van der Waals surface area (Å²) in [6.07, 6.45) is 0. The van der Waals surface area contributed by atoms with Gasteiger partial charge in [-0.1, -0.05) is 35.3 Å². The maximum absolute atomic E-state index is 6.31. The van der Waals surface area contributed by atoms with E-state index in [0.717, 1.165) is 34.2 Å². The van der Waals surface area contributed by atoms with E-state index in [1.54, 1.807) is 0 Å². The predicted octanol–water partition coefficient (Wildman–Crippen LogP) is 3.99. The van der Waals surface area contributed by atoms with E-state index in [0.29, 0.717) is 23.1 Å². The highest BCUT2D eigenvalue weighted by atomic mass is 35.5. The zero-order valence-electron chi connectivity index (χ0n) is 14.4. The summed E-state index contributed by atoms with van der Waals surface area (Å²) in [5.41, 5.74) is 3.81. The molecule has 0 N–H and O–H groups in total. The van der Waals surface area contributed by atoms with Crippen LogP contribution in [-0.4, -0.2) is 39.5 Å². The van der Waals surface area contributed by atoms with Crippen LogP contribution in [0.2, 0.25) is 10.0 Å². The first-order valence-electron chi connectivity index (χ1n) is 8.21. The summed E-state index contributed by atoms with van der Waals surface area (Å²) >= 11 is 12.4. The molecular formula is C19H17Cl2N5. The number of fused-ring (bicyclic) bond motifs is 3. The second-order valence-electron chi connectivity index (χ2n) is 6.44. The molecule has 0 radical (unpaired) electrons. The van der Waals surface area contributed by atoms with Crippen molar-refractivity contribution in [2.24, 2.45) is 4.99 Å². The molecule has 132 valence electrons. The zero-order chi connectivity index (χ0) is 18.3. The molecule has 0 aliphatic carbocycles. The molecule has 1 aliphatic rings. The highest BCUT2D eigenvalue weighted by Crippen LogP contribution is 2.28. The lowest BCUT2D eigenvalue weighted by Gasteiger charge is -2.15. The quantitative estimate of drug-likeness (QED) is 0.684. The maximum Gasteiger partial charge on any atom is 0.159 e. The fourth-order valence-electron chi connectivity index (χ4n) is 3.10. The third-order valence-electron chi connectivity index (χ3n) is 4.21. The lowest BCUT2D eigenvalue weighted by molar-refractivity contribution is 0.387. The van der Waals surface area contributed by atoms with Crippen LogP contribution in [0.4, 0.5) is 0 Å². The molecule has 7 heteroatoms. The predicted molar refractivity (Wildman–Crippen MR) is 105 cm³/mol. The van der Waals surface area contributed by atoms with Crippen molar-refractivity contribution >= 4 is 28.9 Å². The lowest BCUT2D eigenvalue weighted by atomic mass is 10.0. The van der Waals surface area contributed by atoms with Crippen molar-refractivity contribution in [2.75, 3.05) is 14.1 Å². The minimum Gasteiger partial charge on any atom is -0.302 e. The van der Waals surface area contributed by atoms with Crippen LogP contribution in [0, 0.1) is 0 Å². The van der Waals surface area contributed by atoms with Crippen LogP contribution in [0.3, 0.4) is 0 Å². The molecule has 0 spiro atoms. The van der Waals surface area contributed by atoms with Crippen molar-refractivity contribution < 1.29 is 0 Å². The van der Waals surface area contributed by atoms with Crippen LogP contribution >= 0.6 is 23.2 Å². The van der Waals surface area contributed by atoms with Crippen molar-refractivity contribution in [3.63, 3.8) is 0 Å². The summed E-state index contributed by atoms with van der Waals surface area (Å²) in [4.78, 5) is 6.89. The van der Waals surface area contributed by atoms with Gasteiger partial charge in [0.25, 0.3) is 0 Å². The van der Waals surface area contributed by atoms with Gasteiger partial charge in [0.2, 0.25) is 0 Å². The van der Waals surface area contributed by atoms with Gasteiger partial charge >= 0.3 is 0 Å². The number of nitrogens with zero attached hydrogens (tertiary/aromatic N) is 5. The molecule has 1 aliphatic heterocycles. The summed E-state index contributed by atoms with van der Waals surface area (Å²) in [5.74, 6) is 1.69. The van der Waals surface area contributed by atoms with Gasteiger partial charge in [-0.15, -0.1) is 10.2 Å². The summed E-state index contributed by atoms with van der Waals surface area (Å²) in [7, 11) is 4.02. The van der Waals surface area contributed by atoms with Crippen LogP contribution in [0.15, 0.2) is 47.5 Å². The third-order valence-corrected chi connectivity index (χ3v) is 4.69. The fourth-order valence-corrected chi connectivity index (χ4v) is 3.40. The van der Waals surface area contributed by atoms with Crippen molar-refractivity contribution in [3.8, 4) is 5.69 Å². The largest absolute Gasteiger partial charge is 0.302 e. The van der Waals surface area contributed by atoms with Crippen molar-refractivity contribution in [3.05, 3.63) is 75.3 Å². The Morgan fingerprint density at radius 2 is 1.73 bits per heavy atom. The van der Waals surface area contributed by atoms with Crippen LogP contribution in [-0.2, 0) is 13.1 Å². The van der Waals surface area contributed by atoms with E-state index in [-0.39, 0.29) is 0 Å². The Kier molecular flexibility index (Phi) is 4.53. The Morgan fingerprint density at radius 1 is 1.00 bits per heavy atom. The van der Waals surface area contributed by atoms with Crippen LogP contribution in [0.25, 0.3) is 5.69 Å². The SMILES string of the molecule is CN(C)Cc1nnc2n1-c1ccc(Cl)cc1C(c1ccc(Cl)cc1)=NC2. The second kappa shape index (κ2) is 6.83. The number of halogens is 2. The van der Waals surface area contributed by atoms with E-state index in [2.05, 4.69) is 19.7 Å². The molecule has 0 unspecified atom stereocenters. The van der Waals surface area contributed by atoms with Gasteiger partial charge in [-0.2, -0.15) is 0 Å². The summed E-state index contributed by atoms with van der Waals surface area (Å²) in [6.45, 7) is 1.13. The van der Waals surface area contributed by atoms with Gasteiger partial charge in [0, 0.05) is 21.2 Å². The first kappa shape index (κ1) is 17.2. The van der Waals surface area contributed by atoms with Gasteiger partial charge in [-0.25, -0.2) is 0 Å². The Bertz CT molecular complexity index is 990. The highest BCUT2D eigenvalue weighted by Gasteiger charge is 2.23. The smallest absolute Gasteiger partial charge is 0.159 e. The molecule has 4 rings (SSSR count). The van der Waals surface area contributed by atoms with Crippen LogP contribution < -0.4 is 0 Å². The molecular weight excluding hydrogens is 369 g/mol. The lowest BCUT2D eigenvalue weighted by Crippen LogP contribution is -2.16. The number of aromatic nitrogens is 3. The van der Waals surface area contributed by atoms with Crippen molar-refractivity contribution in [2.45, 2.75) is 13.1 Å². The van der Waals surface area contributed by atoms with Gasteiger partial charge < -0.3 is 4.90 Å². The highest BCUT2D eigenvalue weighted by molar-refractivity contribution is 6.32. The molecule has 1 aromatic heterocycles. The molecule has 0 saturated heterocycles. The van der Waals surface area contributed by atoms with Crippen LogP contribution in [0.1, 0.15) is 22.8 Å². The molecule has 5 nitrogen and oxygen atoms in total. The van der Waals surface area contributed by atoms with E-state index in [9.17, 15) is 0 Å². The van der Waals surface area contributed by atoms with E-state index >= 15 is 0 Å². The average Bonchev–Trinajstić information content (AvgIpc) is 2.91. The van der Waals surface area contributed by atoms with Gasteiger partial charge in [-0.05, 0) is 44.4 Å². The molecule has 0 bridgehead atoms.